The van der Waals surface area contributed by atoms with E-state index in [2.05, 4.69) is 10.5 Å². The average Bonchev–Trinajstić information content (AvgIpc) is 2.78. The fraction of sp³-hybridized carbons (Fsp3) is 0.231. The average molecular weight is 248 g/mol. The molecule has 5 heteroatoms. The van der Waals surface area contributed by atoms with Crippen molar-refractivity contribution in [2.75, 3.05) is 6.54 Å². The number of carbonyl (C=O) groups excluding carboxylic acids is 1. The highest BCUT2D eigenvalue weighted by atomic mass is 19.1. The highest BCUT2D eigenvalue weighted by Gasteiger charge is 2.10. The number of aromatic nitrogens is 1. The molecule has 0 aliphatic carbocycles. The summed E-state index contributed by atoms with van der Waals surface area (Å²) in [5.74, 6) is -0.435. The predicted octanol–water partition coefficient (Wildman–Crippen LogP) is 2.09. The third-order valence-electron chi connectivity index (χ3n) is 2.49. The molecule has 1 heterocycles. The molecule has 0 unspecified atom stereocenters. The molecule has 0 bridgehead atoms. The van der Waals surface area contributed by atoms with Gasteiger partial charge in [-0.3, -0.25) is 4.79 Å². The van der Waals surface area contributed by atoms with Gasteiger partial charge in [0.25, 0.3) is 5.91 Å². The molecular formula is C13H13FN2O2. The number of hydrogen-bond acceptors (Lipinski definition) is 3. The minimum Gasteiger partial charge on any atom is -0.351 e. The Kier molecular flexibility index (Phi) is 3.72. The molecule has 2 aromatic rings. The minimum atomic E-state index is -0.341. The molecule has 0 atom stereocenters. The summed E-state index contributed by atoms with van der Waals surface area (Å²) < 4.78 is 18.1. The first-order valence-corrected chi connectivity index (χ1v) is 5.62. The fourth-order valence-electron chi connectivity index (χ4n) is 1.57. The molecule has 2 rings (SSSR count). The number of benzene rings is 1. The highest BCUT2D eigenvalue weighted by Crippen LogP contribution is 2.06. The molecule has 0 aliphatic heterocycles. The van der Waals surface area contributed by atoms with Crippen molar-refractivity contribution in [2.24, 2.45) is 0 Å². The van der Waals surface area contributed by atoms with Crippen molar-refractivity contribution >= 4 is 5.91 Å². The third kappa shape index (κ3) is 2.94. The Morgan fingerprint density at radius 2 is 2.22 bits per heavy atom. The zero-order chi connectivity index (χ0) is 13.0. The second kappa shape index (κ2) is 5.44. The Balaban J connectivity index is 1.86. The lowest BCUT2D eigenvalue weighted by molar-refractivity contribution is 0.0917. The molecule has 1 N–H and O–H groups in total. The first-order valence-electron chi connectivity index (χ1n) is 5.62. The SMILES string of the molecule is Cc1cc(C(=O)NCCc2ccccc2F)on1. The number of rotatable bonds is 4. The van der Waals surface area contributed by atoms with Crippen molar-refractivity contribution in [1.29, 1.82) is 0 Å². The van der Waals surface area contributed by atoms with Crippen LogP contribution >= 0.6 is 0 Å². The van der Waals surface area contributed by atoms with Gasteiger partial charge in [-0.25, -0.2) is 4.39 Å². The van der Waals surface area contributed by atoms with Gasteiger partial charge < -0.3 is 9.84 Å². The first kappa shape index (κ1) is 12.3. The maximum Gasteiger partial charge on any atom is 0.289 e. The number of nitrogens with one attached hydrogen (secondary N) is 1. The molecule has 18 heavy (non-hydrogen) atoms. The van der Waals surface area contributed by atoms with Crippen molar-refractivity contribution in [3.8, 4) is 0 Å². The zero-order valence-electron chi connectivity index (χ0n) is 9.94. The summed E-state index contributed by atoms with van der Waals surface area (Å²) in [5.41, 5.74) is 1.22. The Hall–Kier alpha value is -2.17. The van der Waals surface area contributed by atoms with Crippen LogP contribution in [-0.4, -0.2) is 17.6 Å². The number of aryl methyl sites for hydroxylation is 1. The fourth-order valence-corrected chi connectivity index (χ4v) is 1.57. The lowest BCUT2D eigenvalue weighted by Gasteiger charge is -2.04. The molecule has 0 saturated heterocycles. The topological polar surface area (TPSA) is 55.1 Å². The van der Waals surface area contributed by atoms with Gasteiger partial charge in [0.15, 0.2) is 0 Å². The van der Waals surface area contributed by atoms with Gasteiger partial charge in [0.05, 0.1) is 5.69 Å². The third-order valence-corrected chi connectivity index (χ3v) is 2.49. The molecule has 0 spiro atoms. The predicted molar refractivity (Wildman–Crippen MR) is 63.7 cm³/mol. The van der Waals surface area contributed by atoms with Gasteiger partial charge in [0.2, 0.25) is 5.76 Å². The second-order valence-corrected chi connectivity index (χ2v) is 3.93. The van der Waals surface area contributed by atoms with Gasteiger partial charge in [-0.2, -0.15) is 0 Å². The van der Waals surface area contributed by atoms with E-state index >= 15 is 0 Å². The molecule has 1 amide bonds. The van der Waals surface area contributed by atoms with Gasteiger partial charge in [-0.05, 0) is 25.0 Å². The van der Waals surface area contributed by atoms with E-state index in [1.807, 2.05) is 0 Å². The van der Waals surface area contributed by atoms with Crippen LogP contribution in [0.2, 0.25) is 0 Å². The lowest BCUT2D eigenvalue weighted by Crippen LogP contribution is -2.25. The number of halogens is 1. The minimum absolute atomic E-state index is 0.168. The molecule has 1 aromatic heterocycles. The molecular weight excluding hydrogens is 235 g/mol. The summed E-state index contributed by atoms with van der Waals surface area (Å²) >= 11 is 0. The Morgan fingerprint density at radius 1 is 1.44 bits per heavy atom. The Morgan fingerprint density at radius 3 is 2.89 bits per heavy atom. The van der Waals surface area contributed by atoms with Gasteiger partial charge in [-0.15, -0.1) is 0 Å². The van der Waals surface area contributed by atoms with Crippen molar-refractivity contribution in [1.82, 2.24) is 10.5 Å². The zero-order valence-corrected chi connectivity index (χ0v) is 9.94. The van der Waals surface area contributed by atoms with Gasteiger partial charge in [0, 0.05) is 12.6 Å². The summed E-state index contributed by atoms with van der Waals surface area (Å²) in [6, 6.07) is 8.05. The van der Waals surface area contributed by atoms with Crippen LogP contribution in [-0.2, 0) is 6.42 Å². The van der Waals surface area contributed by atoms with Gasteiger partial charge >= 0.3 is 0 Å². The van der Waals surface area contributed by atoms with Crippen molar-refractivity contribution in [3.05, 3.63) is 53.2 Å². The molecule has 0 radical (unpaired) electrons. The molecule has 0 aliphatic rings. The summed E-state index contributed by atoms with van der Waals surface area (Å²) in [6.45, 7) is 2.08. The molecule has 4 nitrogen and oxygen atoms in total. The maximum absolute atomic E-state index is 13.3. The van der Waals surface area contributed by atoms with Gasteiger partial charge in [-0.1, -0.05) is 23.4 Å². The Bertz CT molecular complexity index is 551. The molecule has 0 saturated carbocycles. The number of hydrogen-bond donors (Lipinski definition) is 1. The first-order chi connectivity index (χ1) is 8.66. The summed E-state index contributed by atoms with van der Waals surface area (Å²) in [4.78, 5) is 11.6. The van der Waals surface area contributed by atoms with Crippen molar-refractivity contribution in [2.45, 2.75) is 13.3 Å². The monoisotopic (exact) mass is 248 g/mol. The van der Waals surface area contributed by atoms with E-state index in [9.17, 15) is 9.18 Å². The van der Waals surface area contributed by atoms with Crippen LogP contribution in [0.1, 0.15) is 21.8 Å². The van der Waals surface area contributed by atoms with Crippen LogP contribution in [0, 0.1) is 12.7 Å². The van der Waals surface area contributed by atoms with Crippen LogP contribution in [0.4, 0.5) is 4.39 Å². The van der Waals surface area contributed by atoms with Crippen molar-refractivity contribution < 1.29 is 13.7 Å². The smallest absolute Gasteiger partial charge is 0.289 e. The maximum atomic E-state index is 13.3. The molecule has 94 valence electrons. The van der Waals surface area contributed by atoms with Crippen molar-refractivity contribution in [3.63, 3.8) is 0 Å². The standard InChI is InChI=1S/C13H13FN2O2/c1-9-8-12(18-16-9)13(17)15-7-6-10-4-2-3-5-11(10)14/h2-5,8H,6-7H2,1H3,(H,15,17). The van der Waals surface area contributed by atoms with Crippen LogP contribution in [0.15, 0.2) is 34.9 Å². The van der Waals surface area contributed by atoms with E-state index in [0.29, 0.717) is 24.2 Å². The lowest BCUT2D eigenvalue weighted by atomic mass is 10.1. The number of nitrogens with zero attached hydrogens (tertiary/aromatic N) is 1. The van der Waals surface area contributed by atoms with E-state index < -0.39 is 0 Å². The van der Waals surface area contributed by atoms with Gasteiger partial charge in [0.1, 0.15) is 5.82 Å². The van der Waals surface area contributed by atoms with E-state index in [1.165, 1.54) is 6.07 Å². The van der Waals surface area contributed by atoms with E-state index in [1.54, 1.807) is 31.2 Å². The summed E-state index contributed by atoms with van der Waals surface area (Å²) in [5, 5.41) is 6.27. The molecule has 1 aromatic carbocycles. The largest absolute Gasteiger partial charge is 0.351 e. The van der Waals surface area contributed by atoms with Crippen LogP contribution < -0.4 is 5.32 Å². The van der Waals surface area contributed by atoms with Crippen LogP contribution in [0.25, 0.3) is 0 Å². The molecule has 0 fully saturated rings. The van der Waals surface area contributed by atoms with Crippen LogP contribution in [0.3, 0.4) is 0 Å². The number of amides is 1. The second-order valence-electron chi connectivity index (χ2n) is 3.93. The number of carbonyl (C=O) groups is 1. The van der Waals surface area contributed by atoms with E-state index in [4.69, 9.17) is 4.52 Å². The van der Waals surface area contributed by atoms with E-state index in [-0.39, 0.29) is 17.5 Å². The normalized spacial score (nSPS) is 10.3. The highest BCUT2D eigenvalue weighted by molar-refractivity contribution is 5.91. The van der Waals surface area contributed by atoms with Crippen LogP contribution in [0.5, 0.6) is 0 Å². The summed E-state index contributed by atoms with van der Waals surface area (Å²) in [7, 11) is 0. The Labute approximate surface area is 104 Å². The van der Waals surface area contributed by atoms with E-state index in [0.717, 1.165) is 0 Å². The summed E-state index contributed by atoms with van der Waals surface area (Å²) in [6.07, 6.45) is 0.436. The quantitative estimate of drug-likeness (QED) is 0.901.